The second-order valence-electron chi connectivity index (χ2n) is 4.10. The zero-order valence-corrected chi connectivity index (χ0v) is 12.2. The third kappa shape index (κ3) is 3.05. The first-order valence-electron chi connectivity index (χ1n) is 5.41. The minimum absolute atomic E-state index is 0.207. The van der Waals surface area contributed by atoms with Crippen molar-refractivity contribution in [1.82, 2.24) is 0 Å². The van der Waals surface area contributed by atoms with Crippen LogP contribution in [0, 0.1) is 13.8 Å². The Balaban J connectivity index is 2.20. The predicted molar refractivity (Wildman–Crippen MR) is 76.0 cm³/mol. The molecule has 0 N–H and O–H groups in total. The molecule has 0 saturated heterocycles. The summed E-state index contributed by atoms with van der Waals surface area (Å²) in [5.74, 6) is 0.207. The maximum absolute atomic E-state index is 12.2. The lowest BCUT2D eigenvalue weighted by Crippen LogP contribution is -2.02. The molecule has 0 atom stereocenters. The van der Waals surface area contributed by atoms with Gasteiger partial charge in [0.05, 0.1) is 4.88 Å². The molecule has 0 aliphatic carbocycles. The highest BCUT2D eigenvalue weighted by molar-refractivity contribution is 9.10. The number of ketones is 1. The molecule has 0 unspecified atom stereocenters. The van der Waals surface area contributed by atoms with Crippen molar-refractivity contribution in [2.75, 3.05) is 0 Å². The molecule has 1 nitrogen and oxygen atoms in total. The lowest BCUT2D eigenvalue weighted by molar-refractivity contribution is 0.0996. The van der Waals surface area contributed by atoms with Crippen LogP contribution < -0.4 is 0 Å². The van der Waals surface area contributed by atoms with Crippen molar-refractivity contribution in [3.63, 3.8) is 0 Å². The molecule has 3 heteroatoms. The van der Waals surface area contributed by atoms with E-state index in [0.29, 0.717) is 6.42 Å². The van der Waals surface area contributed by atoms with E-state index in [0.717, 1.165) is 20.5 Å². The Hall–Kier alpha value is -0.930. The number of halogens is 1. The molecule has 17 heavy (non-hydrogen) atoms. The van der Waals surface area contributed by atoms with Crippen molar-refractivity contribution >= 4 is 33.0 Å². The lowest BCUT2D eigenvalue weighted by atomic mass is 10.1. The van der Waals surface area contributed by atoms with Crippen LogP contribution in [0.2, 0.25) is 0 Å². The lowest BCUT2D eigenvalue weighted by Gasteiger charge is -2.01. The highest BCUT2D eigenvalue weighted by Crippen LogP contribution is 2.23. The Kier molecular flexibility index (Phi) is 3.79. The summed E-state index contributed by atoms with van der Waals surface area (Å²) in [6.45, 7) is 4.03. The molecule has 1 heterocycles. The van der Waals surface area contributed by atoms with Gasteiger partial charge in [-0.2, -0.15) is 0 Å². The molecule has 2 rings (SSSR count). The summed E-state index contributed by atoms with van der Waals surface area (Å²) >= 11 is 5.00. The molecule has 2 aromatic rings. The summed E-state index contributed by atoms with van der Waals surface area (Å²) in [5, 5.41) is 0. The van der Waals surface area contributed by atoms with Crippen LogP contribution in [-0.2, 0) is 6.42 Å². The fourth-order valence-electron chi connectivity index (χ4n) is 1.83. The first kappa shape index (κ1) is 12.5. The molecule has 0 radical (unpaired) electrons. The van der Waals surface area contributed by atoms with Gasteiger partial charge in [-0.15, -0.1) is 11.3 Å². The van der Waals surface area contributed by atoms with Crippen molar-refractivity contribution in [2.24, 2.45) is 0 Å². The third-order valence-corrected chi connectivity index (χ3v) is 4.23. The van der Waals surface area contributed by atoms with Crippen LogP contribution in [0.4, 0.5) is 0 Å². The molecule has 1 aromatic heterocycles. The molecular weight excluding hydrogens is 296 g/mol. The average molecular weight is 309 g/mol. The van der Waals surface area contributed by atoms with Crippen LogP contribution in [0.5, 0.6) is 0 Å². The van der Waals surface area contributed by atoms with Gasteiger partial charge in [-0.3, -0.25) is 4.79 Å². The van der Waals surface area contributed by atoms with Crippen molar-refractivity contribution in [3.05, 3.63) is 55.7 Å². The van der Waals surface area contributed by atoms with E-state index in [-0.39, 0.29) is 5.78 Å². The minimum atomic E-state index is 0.207. The molecular formula is C14H13BrOS. The van der Waals surface area contributed by atoms with Gasteiger partial charge in [-0.05, 0) is 43.2 Å². The summed E-state index contributed by atoms with van der Waals surface area (Å²) in [5.41, 5.74) is 2.14. The van der Waals surface area contributed by atoms with Crippen molar-refractivity contribution < 1.29 is 4.79 Å². The molecule has 88 valence electrons. The van der Waals surface area contributed by atoms with Gasteiger partial charge in [0.15, 0.2) is 5.78 Å². The zero-order valence-electron chi connectivity index (χ0n) is 9.79. The molecule has 0 aliphatic rings. The van der Waals surface area contributed by atoms with E-state index in [4.69, 9.17) is 0 Å². The van der Waals surface area contributed by atoms with Gasteiger partial charge in [-0.25, -0.2) is 0 Å². The maximum Gasteiger partial charge on any atom is 0.177 e. The number of thiophene rings is 1. The first-order chi connectivity index (χ1) is 8.06. The van der Waals surface area contributed by atoms with Gasteiger partial charge in [0.2, 0.25) is 0 Å². The molecule has 0 saturated carbocycles. The Morgan fingerprint density at radius 3 is 2.65 bits per heavy atom. The SMILES string of the molecule is Cc1cc(C)c(C(=O)Cc2cccc(Br)c2)s1. The van der Waals surface area contributed by atoms with Gasteiger partial charge in [-0.1, -0.05) is 28.1 Å². The predicted octanol–water partition coefficient (Wildman–Crippen LogP) is 4.55. The van der Waals surface area contributed by atoms with E-state index in [1.165, 1.54) is 4.88 Å². The van der Waals surface area contributed by atoms with Crippen LogP contribution in [0.15, 0.2) is 34.8 Å². The monoisotopic (exact) mass is 308 g/mol. The minimum Gasteiger partial charge on any atom is -0.293 e. The standard InChI is InChI=1S/C14H13BrOS/c1-9-6-10(2)17-14(9)13(16)8-11-4-3-5-12(15)7-11/h3-7H,8H2,1-2H3. The van der Waals surface area contributed by atoms with Gasteiger partial charge < -0.3 is 0 Å². The van der Waals surface area contributed by atoms with E-state index >= 15 is 0 Å². The van der Waals surface area contributed by atoms with Crippen LogP contribution in [0.3, 0.4) is 0 Å². The van der Waals surface area contributed by atoms with E-state index < -0.39 is 0 Å². The van der Waals surface area contributed by atoms with Gasteiger partial charge in [0.1, 0.15) is 0 Å². The number of Topliss-reactive ketones (excluding diaryl/α,β-unsaturated/α-hetero) is 1. The summed E-state index contributed by atoms with van der Waals surface area (Å²) in [6, 6.07) is 9.97. The maximum atomic E-state index is 12.2. The summed E-state index contributed by atoms with van der Waals surface area (Å²) in [7, 11) is 0. The van der Waals surface area contributed by atoms with E-state index in [9.17, 15) is 4.79 Å². The number of carbonyl (C=O) groups is 1. The Morgan fingerprint density at radius 2 is 2.06 bits per heavy atom. The molecule has 0 bridgehead atoms. The van der Waals surface area contributed by atoms with E-state index in [2.05, 4.69) is 22.0 Å². The Bertz CT molecular complexity index is 557. The summed E-state index contributed by atoms with van der Waals surface area (Å²) < 4.78 is 1.02. The highest BCUT2D eigenvalue weighted by atomic mass is 79.9. The third-order valence-electron chi connectivity index (χ3n) is 2.55. The number of hydrogen-bond donors (Lipinski definition) is 0. The van der Waals surface area contributed by atoms with Crippen LogP contribution in [-0.4, -0.2) is 5.78 Å². The number of benzene rings is 1. The van der Waals surface area contributed by atoms with Crippen molar-refractivity contribution in [3.8, 4) is 0 Å². The second-order valence-corrected chi connectivity index (χ2v) is 6.27. The fourth-order valence-corrected chi connectivity index (χ4v) is 3.24. The smallest absolute Gasteiger partial charge is 0.177 e. The summed E-state index contributed by atoms with van der Waals surface area (Å²) in [6.07, 6.45) is 0.472. The highest BCUT2D eigenvalue weighted by Gasteiger charge is 2.12. The molecule has 1 aromatic carbocycles. The van der Waals surface area contributed by atoms with Crippen molar-refractivity contribution in [2.45, 2.75) is 20.3 Å². The molecule has 0 fully saturated rings. The largest absolute Gasteiger partial charge is 0.293 e. The van der Waals surface area contributed by atoms with Crippen molar-refractivity contribution in [1.29, 1.82) is 0 Å². The summed E-state index contributed by atoms with van der Waals surface area (Å²) in [4.78, 5) is 14.2. The quantitative estimate of drug-likeness (QED) is 0.760. The molecule has 0 amide bonds. The van der Waals surface area contributed by atoms with Gasteiger partial charge >= 0.3 is 0 Å². The van der Waals surface area contributed by atoms with E-state index in [1.807, 2.05) is 38.1 Å². The molecule has 0 spiro atoms. The second kappa shape index (κ2) is 5.15. The Morgan fingerprint density at radius 1 is 1.29 bits per heavy atom. The first-order valence-corrected chi connectivity index (χ1v) is 7.02. The van der Waals surface area contributed by atoms with Gasteiger partial charge in [0.25, 0.3) is 0 Å². The number of carbonyl (C=O) groups excluding carboxylic acids is 1. The zero-order chi connectivity index (χ0) is 12.4. The Labute approximate surface area is 114 Å². The van der Waals surface area contributed by atoms with Gasteiger partial charge in [0, 0.05) is 15.8 Å². The average Bonchev–Trinajstić information content (AvgIpc) is 2.58. The number of hydrogen-bond acceptors (Lipinski definition) is 2. The van der Waals surface area contributed by atoms with Crippen LogP contribution in [0.25, 0.3) is 0 Å². The number of rotatable bonds is 3. The van der Waals surface area contributed by atoms with Crippen LogP contribution >= 0.6 is 27.3 Å². The molecule has 0 aliphatic heterocycles. The van der Waals surface area contributed by atoms with E-state index in [1.54, 1.807) is 11.3 Å². The van der Waals surface area contributed by atoms with Crippen LogP contribution in [0.1, 0.15) is 25.7 Å². The topological polar surface area (TPSA) is 17.1 Å². The number of aryl methyl sites for hydroxylation is 2. The normalized spacial score (nSPS) is 10.5. The fraction of sp³-hybridized carbons (Fsp3) is 0.214.